The van der Waals surface area contributed by atoms with Crippen LogP contribution in [0.25, 0.3) is 11.0 Å². The van der Waals surface area contributed by atoms with Crippen molar-refractivity contribution in [3.8, 4) is 11.6 Å². The maximum absolute atomic E-state index is 14.8. The molecule has 19 heteroatoms. The Bertz CT molecular complexity index is 3080. The highest BCUT2D eigenvalue weighted by Gasteiger charge is 2.50. The van der Waals surface area contributed by atoms with E-state index in [0.29, 0.717) is 85.8 Å². The van der Waals surface area contributed by atoms with E-state index in [1.165, 1.54) is 42.9 Å². The summed E-state index contributed by atoms with van der Waals surface area (Å²) in [6.45, 7) is 8.72. The highest BCUT2D eigenvalue weighted by molar-refractivity contribution is 7.90. The molecule has 7 aliphatic heterocycles. The molecule has 384 valence electrons. The number of ether oxygens (including phenoxy) is 4. The molecule has 1 amide bonds. The molecule has 5 saturated heterocycles. The smallest absolute Gasteiger partial charge is 0.297 e. The van der Waals surface area contributed by atoms with Gasteiger partial charge in [-0.1, -0.05) is 31.2 Å². The third-order valence-electron chi connectivity index (χ3n) is 17.5. The lowest BCUT2D eigenvalue weighted by Crippen LogP contribution is -2.55. The average Bonchev–Trinajstić information content (AvgIpc) is 4.23. The van der Waals surface area contributed by atoms with Crippen LogP contribution < -0.4 is 29.3 Å². The van der Waals surface area contributed by atoms with Crippen LogP contribution in [-0.2, 0) is 25.9 Å². The summed E-state index contributed by atoms with van der Waals surface area (Å²) in [6.07, 6.45) is 11.4. The van der Waals surface area contributed by atoms with Gasteiger partial charge >= 0.3 is 0 Å². The minimum Gasteiger partial charge on any atom is -0.489 e. The molecule has 73 heavy (non-hydrogen) atoms. The van der Waals surface area contributed by atoms with Gasteiger partial charge < -0.3 is 39.0 Å². The highest BCUT2D eigenvalue weighted by atomic mass is 32.2. The number of sulfonamides is 1. The largest absolute Gasteiger partial charge is 0.489 e. The number of nitro groups is 1. The molecule has 1 spiro atoms. The van der Waals surface area contributed by atoms with E-state index in [0.717, 1.165) is 69.0 Å². The number of aryl methyl sites for hydroxylation is 1. The molecule has 18 nitrogen and oxygen atoms in total. The number of morpholine rings is 1. The van der Waals surface area contributed by atoms with Crippen LogP contribution in [0, 0.1) is 21.4 Å². The molecule has 3 N–H and O–H groups in total. The van der Waals surface area contributed by atoms with Gasteiger partial charge in [-0.25, -0.2) is 13.1 Å². The molecular weight excluding hydrogens is 951 g/mol. The van der Waals surface area contributed by atoms with Crippen molar-refractivity contribution in [1.29, 1.82) is 0 Å². The predicted octanol–water partition coefficient (Wildman–Crippen LogP) is 7.32. The number of H-pyrrole nitrogens is 1. The molecule has 13 rings (SSSR count). The SMILES string of the molecule is CCc1ccccc1[C@@H]1CCCN1C1CC2(CCN(c3ccc(C(=O)NS(=O)(=O)c4cc5c(c([N+](=O)[O-])c4)N[C@@H](CN4C[C@@H]6C[C@H]4CO6)CO5)c(N4C[C@H]5CCOC[C@H]5Oc5nc6[nH]ccc6cc54)c3)CC2)C1. The van der Waals surface area contributed by atoms with Crippen LogP contribution in [0.3, 0.4) is 0 Å². The van der Waals surface area contributed by atoms with Gasteiger partial charge in [-0.2, -0.15) is 4.98 Å². The van der Waals surface area contributed by atoms with Crippen LogP contribution in [0.4, 0.5) is 28.4 Å². The first-order valence-electron chi connectivity index (χ1n) is 26.4. The van der Waals surface area contributed by atoms with Crippen molar-refractivity contribution in [2.45, 2.75) is 106 Å². The van der Waals surface area contributed by atoms with Gasteiger partial charge in [0.25, 0.3) is 21.6 Å². The van der Waals surface area contributed by atoms with Crippen molar-refractivity contribution >= 4 is 55.4 Å². The molecule has 2 bridgehead atoms. The average molecular weight is 1010 g/mol. The van der Waals surface area contributed by atoms with Gasteiger partial charge in [0.1, 0.15) is 24.0 Å². The van der Waals surface area contributed by atoms with Crippen LogP contribution in [0.2, 0.25) is 0 Å². The van der Waals surface area contributed by atoms with Crippen LogP contribution in [0.1, 0.15) is 85.8 Å². The molecule has 0 radical (unpaired) electrons. The van der Waals surface area contributed by atoms with Gasteiger partial charge in [0.15, 0.2) is 11.4 Å². The minimum atomic E-state index is -4.69. The van der Waals surface area contributed by atoms with Crippen LogP contribution in [0.5, 0.6) is 11.6 Å². The topological polar surface area (TPSA) is 197 Å². The van der Waals surface area contributed by atoms with Crippen molar-refractivity contribution in [2.24, 2.45) is 11.3 Å². The number of rotatable bonds is 11. The van der Waals surface area contributed by atoms with Crippen LogP contribution >= 0.6 is 0 Å². The Morgan fingerprint density at radius 2 is 1.84 bits per heavy atom. The zero-order chi connectivity index (χ0) is 49.6. The molecule has 6 fully saturated rings. The molecule has 1 saturated carbocycles. The number of fused-ring (bicyclic) bond motifs is 6. The second kappa shape index (κ2) is 18.4. The number of carbonyl (C=O) groups is 1. The lowest BCUT2D eigenvalue weighted by atomic mass is 9.59. The molecule has 9 heterocycles. The van der Waals surface area contributed by atoms with Gasteiger partial charge in [-0.3, -0.25) is 24.7 Å². The van der Waals surface area contributed by atoms with Gasteiger partial charge in [-0.05, 0) is 111 Å². The lowest BCUT2D eigenvalue weighted by molar-refractivity contribution is -0.384. The highest BCUT2D eigenvalue weighted by Crippen LogP contribution is 2.54. The number of nitrogens with zero attached hydrogens (tertiary/aromatic N) is 6. The molecule has 0 unspecified atom stereocenters. The van der Waals surface area contributed by atoms with Gasteiger partial charge in [-0.15, -0.1) is 0 Å². The number of hydrogen-bond acceptors (Lipinski definition) is 15. The minimum absolute atomic E-state index is 0.000370. The van der Waals surface area contributed by atoms with Crippen molar-refractivity contribution in [3.63, 3.8) is 0 Å². The first-order chi connectivity index (χ1) is 35.5. The zero-order valence-corrected chi connectivity index (χ0v) is 42.0. The van der Waals surface area contributed by atoms with E-state index in [1.54, 1.807) is 6.07 Å². The Labute approximate surface area is 424 Å². The maximum atomic E-state index is 14.8. The van der Waals surface area contributed by atoms with E-state index in [4.69, 9.17) is 23.9 Å². The summed E-state index contributed by atoms with van der Waals surface area (Å²) in [5, 5.41) is 16.7. The fourth-order valence-electron chi connectivity index (χ4n) is 13.6. The third kappa shape index (κ3) is 8.54. The van der Waals surface area contributed by atoms with E-state index in [-0.39, 0.29) is 47.8 Å². The van der Waals surface area contributed by atoms with Crippen molar-refractivity contribution in [1.82, 2.24) is 24.5 Å². The number of anilines is 4. The molecule has 2 aromatic heterocycles. The first kappa shape index (κ1) is 46.8. The van der Waals surface area contributed by atoms with E-state index in [2.05, 4.69) is 65.8 Å². The summed E-state index contributed by atoms with van der Waals surface area (Å²) in [5.41, 5.74) is 5.76. The van der Waals surface area contributed by atoms with Crippen molar-refractivity contribution in [3.05, 3.63) is 99.7 Å². The van der Waals surface area contributed by atoms with Crippen molar-refractivity contribution in [2.75, 3.05) is 80.8 Å². The summed E-state index contributed by atoms with van der Waals surface area (Å²) in [4.78, 5) is 44.0. The van der Waals surface area contributed by atoms with Gasteiger partial charge in [0, 0.05) is 92.8 Å². The lowest BCUT2D eigenvalue weighted by Gasteiger charge is -2.56. The predicted molar refractivity (Wildman–Crippen MR) is 275 cm³/mol. The number of piperidine rings is 1. The molecular formula is C54H63N9O9S. The zero-order valence-electron chi connectivity index (χ0n) is 41.2. The number of aromatic nitrogens is 2. The number of benzene rings is 3. The summed E-state index contributed by atoms with van der Waals surface area (Å²) in [6, 6.07) is 21.9. The molecule has 5 aromatic rings. The monoisotopic (exact) mass is 1010 g/mol. The first-order valence-corrected chi connectivity index (χ1v) is 27.8. The quantitative estimate of drug-likeness (QED) is 0.0879. The van der Waals surface area contributed by atoms with E-state index in [9.17, 15) is 23.3 Å². The number of likely N-dealkylation sites (tertiary alicyclic amines) is 2. The molecule has 6 atom stereocenters. The second-order valence-corrected chi connectivity index (χ2v) is 23.5. The van der Waals surface area contributed by atoms with E-state index >= 15 is 0 Å². The Morgan fingerprint density at radius 3 is 2.64 bits per heavy atom. The fraction of sp³-hybridized carbons (Fsp3) is 0.519. The normalized spacial score (nSPS) is 26.8. The second-order valence-electron chi connectivity index (χ2n) is 21.8. The standard InChI is InChI=1S/C54H63N9O9S/c1-2-33-6-3-4-7-42(33)44-8-5-16-61(44)39-25-54(26-39)13-17-59(18-14-54)37-9-10-43(45(22-37)62-27-35-12-19-69-32-49(35)72-53-47(62)20-34-11-15-55-51(34)57-53)52(64)58-73(67,68)41-23-46(63(65)66)50-48(24-41)71-30-36(56-50)28-60-29-40-21-38(60)31-70-40/h3-4,6-7,9-11,15,20,22-24,35-36,38-40,44,49,56H,2,5,8,12-14,16-19,21,25-32H2,1H3,(H,55,57)(H,58,64)/t35-,36+,38+,40+,44+,49-/m1/s1. The Balaban J connectivity index is 0.787. The molecule has 1 aliphatic carbocycles. The summed E-state index contributed by atoms with van der Waals surface area (Å²) in [5.74, 6) is -0.464. The Kier molecular flexibility index (Phi) is 11.8. The summed E-state index contributed by atoms with van der Waals surface area (Å²) < 4.78 is 55.5. The Morgan fingerprint density at radius 1 is 0.973 bits per heavy atom. The van der Waals surface area contributed by atoms with E-state index < -0.39 is 31.4 Å². The van der Waals surface area contributed by atoms with Gasteiger partial charge in [0.2, 0.25) is 5.88 Å². The number of amides is 1. The number of carbonyl (C=O) groups excluding carboxylic acids is 1. The summed E-state index contributed by atoms with van der Waals surface area (Å²) >= 11 is 0. The number of nitro benzene ring substituents is 1. The Hall–Kier alpha value is -5.99. The fourth-order valence-corrected chi connectivity index (χ4v) is 14.6. The molecule has 8 aliphatic rings. The number of hydrogen-bond donors (Lipinski definition) is 3. The third-order valence-corrected chi connectivity index (χ3v) is 18.9. The number of pyridine rings is 1. The number of aromatic amines is 1. The maximum Gasteiger partial charge on any atom is 0.297 e. The van der Waals surface area contributed by atoms with Gasteiger partial charge in [0.05, 0.1) is 46.4 Å². The summed E-state index contributed by atoms with van der Waals surface area (Å²) in [7, 11) is -4.69. The number of nitrogens with one attached hydrogen (secondary N) is 3. The van der Waals surface area contributed by atoms with E-state index in [1.807, 2.05) is 30.5 Å². The van der Waals surface area contributed by atoms with Crippen LogP contribution in [0.15, 0.2) is 77.8 Å². The van der Waals surface area contributed by atoms with Crippen molar-refractivity contribution < 1.29 is 37.1 Å². The van der Waals surface area contributed by atoms with Crippen LogP contribution in [-0.4, -0.2) is 135 Å². The molecule has 3 aromatic carbocycles.